The molecule has 0 aliphatic rings. The third-order valence-electron chi connectivity index (χ3n) is 2.50. The fraction of sp³-hybridized carbons (Fsp3) is 0. The van der Waals surface area contributed by atoms with Crippen LogP contribution in [-0.2, 0) is 0 Å². The van der Waals surface area contributed by atoms with Crippen LogP contribution in [0.4, 0.5) is 8.78 Å². The summed E-state index contributed by atoms with van der Waals surface area (Å²) < 4.78 is 31.6. The summed E-state index contributed by atoms with van der Waals surface area (Å²) >= 11 is 0. The molecule has 0 aliphatic carbocycles. The van der Waals surface area contributed by atoms with E-state index in [4.69, 9.17) is 4.52 Å². The van der Waals surface area contributed by atoms with Gasteiger partial charge in [0.15, 0.2) is 0 Å². The maximum atomic E-state index is 13.6. The van der Waals surface area contributed by atoms with Crippen molar-refractivity contribution in [2.24, 2.45) is 0 Å². The Labute approximate surface area is 106 Å². The first-order valence-corrected chi connectivity index (χ1v) is 5.43. The Balaban J connectivity index is 2.04. The zero-order valence-electron chi connectivity index (χ0n) is 9.55. The number of hydrogen-bond acceptors (Lipinski definition) is 4. The molecule has 3 rings (SSSR count). The van der Waals surface area contributed by atoms with Gasteiger partial charge in [-0.05, 0) is 30.3 Å². The summed E-state index contributed by atoms with van der Waals surface area (Å²) in [6, 6.07) is 6.50. The van der Waals surface area contributed by atoms with Crippen molar-refractivity contribution in [3.63, 3.8) is 0 Å². The molecule has 0 radical (unpaired) electrons. The Morgan fingerprint density at radius 2 is 2.00 bits per heavy atom. The molecule has 0 unspecified atom stereocenters. The molecule has 0 saturated carbocycles. The first-order chi connectivity index (χ1) is 9.24. The summed E-state index contributed by atoms with van der Waals surface area (Å²) in [6.45, 7) is 0. The van der Waals surface area contributed by atoms with Gasteiger partial charge in [-0.1, -0.05) is 5.16 Å². The van der Waals surface area contributed by atoms with Gasteiger partial charge in [-0.15, -0.1) is 0 Å². The topological polar surface area (TPSA) is 51.8 Å². The van der Waals surface area contributed by atoms with Gasteiger partial charge < -0.3 is 4.52 Å². The van der Waals surface area contributed by atoms with Crippen LogP contribution < -0.4 is 0 Å². The lowest BCUT2D eigenvalue weighted by molar-refractivity contribution is 0.429. The number of hydrogen-bond donors (Lipinski definition) is 0. The van der Waals surface area contributed by atoms with Gasteiger partial charge in [0.05, 0.1) is 5.56 Å². The first kappa shape index (κ1) is 11.5. The second-order valence-electron chi connectivity index (χ2n) is 3.79. The smallest absolute Gasteiger partial charge is 0.261 e. The molecule has 2 heterocycles. The predicted octanol–water partition coefficient (Wildman–Crippen LogP) is 3.08. The van der Waals surface area contributed by atoms with E-state index in [0.717, 1.165) is 18.2 Å². The van der Waals surface area contributed by atoms with Gasteiger partial charge in [-0.25, -0.2) is 8.78 Å². The van der Waals surface area contributed by atoms with Crippen molar-refractivity contribution in [2.45, 2.75) is 0 Å². The van der Waals surface area contributed by atoms with Gasteiger partial charge >= 0.3 is 0 Å². The van der Waals surface area contributed by atoms with Crippen molar-refractivity contribution in [3.05, 3.63) is 54.4 Å². The largest absolute Gasteiger partial charge is 0.334 e. The molecule has 0 saturated heterocycles. The van der Waals surface area contributed by atoms with E-state index >= 15 is 0 Å². The second-order valence-corrected chi connectivity index (χ2v) is 3.79. The van der Waals surface area contributed by atoms with Crippen molar-refractivity contribution in [1.29, 1.82) is 0 Å². The van der Waals surface area contributed by atoms with Crippen LogP contribution in [0.15, 0.2) is 47.2 Å². The molecule has 0 fully saturated rings. The van der Waals surface area contributed by atoms with E-state index in [-0.39, 0.29) is 17.3 Å². The number of aromatic nitrogens is 3. The van der Waals surface area contributed by atoms with Gasteiger partial charge in [0.25, 0.3) is 5.89 Å². The quantitative estimate of drug-likeness (QED) is 0.709. The normalized spacial score (nSPS) is 10.6. The average Bonchev–Trinajstić information content (AvgIpc) is 2.92. The lowest BCUT2D eigenvalue weighted by Gasteiger charge is -1.96. The molecule has 0 aliphatic heterocycles. The molecule has 0 amide bonds. The number of halogens is 2. The van der Waals surface area contributed by atoms with Crippen molar-refractivity contribution in [3.8, 4) is 22.8 Å². The molecule has 19 heavy (non-hydrogen) atoms. The molecule has 3 aromatic rings. The van der Waals surface area contributed by atoms with Gasteiger partial charge in [0.2, 0.25) is 5.82 Å². The average molecular weight is 259 g/mol. The summed E-state index contributed by atoms with van der Waals surface area (Å²) in [4.78, 5) is 7.95. The highest BCUT2D eigenvalue weighted by atomic mass is 19.1. The highest BCUT2D eigenvalue weighted by Crippen LogP contribution is 2.24. The van der Waals surface area contributed by atoms with E-state index in [9.17, 15) is 8.78 Å². The lowest BCUT2D eigenvalue weighted by atomic mass is 10.2. The van der Waals surface area contributed by atoms with Crippen LogP contribution in [0.3, 0.4) is 0 Å². The fourth-order valence-corrected chi connectivity index (χ4v) is 1.61. The van der Waals surface area contributed by atoms with Crippen molar-refractivity contribution in [2.75, 3.05) is 0 Å². The highest BCUT2D eigenvalue weighted by molar-refractivity contribution is 5.59. The van der Waals surface area contributed by atoms with Gasteiger partial charge in [0.1, 0.15) is 11.6 Å². The summed E-state index contributed by atoms with van der Waals surface area (Å²) in [5.41, 5.74) is 0.567. The van der Waals surface area contributed by atoms with Gasteiger partial charge in [-0.3, -0.25) is 4.98 Å². The molecule has 1 aromatic carbocycles. The maximum absolute atomic E-state index is 13.6. The summed E-state index contributed by atoms with van der Waals surface area (Å²) in [5, 5.41) is 3.72. The second kappa shape index (κ2) is 4.56. The van der Waals surface area contributed by atoms with Gasteiger partial charge in [0, 0.05) is 18.0 Å². The zero-order chi connectivity index (χ0) is 13.2. The van der Waals surface area contributed by atoms with Crippen molar-refractivity contribution < 1.29 is 13.3 Å². The molecule has 0 spiro atoms. The molecule has 0 bridgehead atoms. The molecular formula is C13H7F2N3O. The Kier molecular flexibility index (Phi) is 2.75. The SMILES string of the molecule is Fc1ccc(F)c(-c2nc(-c3cccnc3)no2)c1. The summed E-state index contributed by atoms with van der Waals surface area (Å²) in [5.74, 6) is -0.997. The van der Waals surface area contributed by atoms with E-state index in [0.29, 0.717) is 5.56 Å². The van der Waals surface area contributed by atoms with Crippen molar-refractivity contribution in [1.82, 2.24) is 15.1 Å². The highest BCUT2D eigenvalue weighted by Gasteiger charge is 2.15. The Bertz CT molecular complexity index is 713. The van der Waals surface area contributed by atoms with Crippen LogP contribution in [0, 0.1) is 11.6 Å². The zero-order valence-corrected chi connectivity index (χ0v) is 9.55. The van der Waals surface area contributed by atoms with Crippen LogP contribution in [0.25, 0.3) is 22.8 Å². The van der Waals surface area contributed by atoms with Crippen LogP contribution in [0.5, 0.6) is 0 Å². The van der Waals surface area contributed by atoms with E-state index in [1.165, 1.54) is 0 Å². The molecule has 2 aromatic heterocycles. The standard InChI is InChI=1S/C13H7F2N3O/c14-9-3-4-11(15)10(6-9)13-17-12(18-19-13)8-2-1-5-16-7-8/h1-7H. The molecule has 94 valence electrons. The minimum absolute atomic E-state index is 0.0670. The van der Waals surface area contributed by atoms with E-state index in [2.05, 4.69) is 15.1 Å². The lowest BCUT2D eigenvalue weighted by Crippen LogP contribution is -1.87. The Hall–Kier alpha value is -2.63. The number of rotatable bonds is 2. The Morgan fingerprint density at radius 1 is 1.11 bits per heavy atom. The van der Waals surface area contributed by atoms with Crippen LogP contribution in [-0.4, -0.2) is 15.1 Å². The van der Waals surface area contributed by atoms with Gasteiger partial charge in [-0.2, -0.15) is 4.98 Å². The third kappa shape index (κ3) is 2.20. The monoisotopic (exact) mass is 259 g/mol. The Morgan fingerprint density at radius 3 is 2.79 bits per heavy atom. The van der Waals surface area contributed by atoms with E-state index in [1.807, 2.05) is 0 Å². The number of pyridine rings is 1. The minimum Gasteiger partial charge on any atom is -0.334 e. The molecule has 4 nitrogen and oxygen atoms in total. The van der Waals surface area contributed by atoms with Crippen molar-refractivity contribution >= 4 is 0 Å². The van der Waals surface area contributed by atoms with E-state index in [1.54, 1.807) is 24.5 Å². The predicted molar refractivity (Wildman–Crippen MR) is 62.9 cm³/mol. The van der Waals surface area contributed by atoms with E-state index < -0.39 is 11.6 Å². The summed E-state index contributed by atoms with van der Waals surface area (Å²) in [7, 11) is 0. The van der Waals surface area contributed by atoms with Crippen LogP contribution >= 0.6 is 0 Å². The molecule has 0 atom stereocenters. The maximum Gasteiger partial charge on any atom is 0.261 e. The fourth-order valence-electron chi connectivity index (χ4n) is 1.61. The number of benzene rings is 1. The van der Waals surface area contributed by atoms with Crippen LogP contribution in [0.1, 0.15) is 0 Å². The molecular weight excluding hydrogens is 252 g/mol. The van der Waals surface area contributed by atoms with Crippen LogP contribution in [0.2, 0.25) is 0 Å². The first-order valence-electron chi connectivity index (χ1n) is 5.43. The molecule has 6 heteroatoms. The third-order valence-corrected chi connectivity index (χ3v) is 2.50. The number of nitrogens with zero attached hydrogens (tertiary/aromatic N) is 3. The summed E-state index contributed by atoms with van der Waals surface area (Å²) in [6.07, 6.45) is 3.16. The minimum atomic E-state index is -0.622. The molecule has 0 N–H and O–H groups in total.